The molecule has 1 saturated heterocycles. The number of carbonyl (C=O) groups is 2. The summed E-state index contributed by atoms with van der Waals surface area (Å²) in [6.45, 7) is 7.88. The molecule has 0 bridgehead atoms. The summed E-state index contributed by atoms with van der Waals surface area (Å²) in [5, 5.41) is 8.33. The van der Waals surface area contributed by atoms with E-state index in [1.165, 1.54) is 5.56 Å². The predicted octanol–water partition coefficient (Wildman–Crippen LogP) is 5.40. The fourth-order valence-corrected chi connectivity index (χ4v) is 6.28. The van der Waals surface area contributed by atoms with Crippen molar-refractivity contribution < 1.29 is 9.59 Å². The Labute approximate surface area is 286 Å². The van der Waals surface area contributed by atoms with E-state index >= 15 is 0 Å². The molecule has 3 heterocycles. The molecule has 5 aromatic rings. The number of aromatic nitrogens is 3. The molecule has 1 aliphatic heterocycles. The van der Waals surface area contributed by atoms with Crippen LogP contribution in [-0.2, 0) is 6.54 Å². The maximum Gasteiger partial charge on any atom is 0.255 e. The summed E-state index contributed by atoms with van der Waals surface area (Å²) in [4.78, 5) is 44.8. The van der Waals surface area contributed by atoms with Gasteiger partial charge in [-0.2, -0.15) is 0 Å². The lowest BCUT2D eigenvalue weighted by atomic mass is 9.99. The highest BCUT2D eigenvalue weighted by molar-refractivity contribution is 6.05. The number of nitrogens with zero attached hydrogens (tertiary/aromatic N) is 5. The first-order chi connectivity index (χ1) is 23.9. The van der Waals surface area contributed by atoms with Crippen LogP contribution in [0.1, 0.15) is 45.2 Å². The first-order valence-electron chi connectivity index (χ1n) is 16.7. The highest BCUT2D eigenvalue weighted by atomic mass is 16.2. The van der Waals surface area contributed by atoms with Crippen molar-refractivity contribution in [2.45, 2.75) is 26.8 Å². The van der Waals surface area contributed by atoms with Crippen molar-refractivity contribution in [1.29, 1.82) is 0 Å². The van der Waals surface area contributed by atoms with Crippen molar-refractivity contribution in [3.8, 4) is 11.3 Å². The number of piperazine rings is 1. The molecule has 1 unspecified atom stereocenters. The number of carbonyl (C=O) groups excluding carboxylic acids is 2. The van der Waals surface area contributed by atoms with Crippen LogP contribution in [0.4, 0.5) is 17.3 Å². The van der Waals surface area contributed by atoms with Gasteiger partial charge in [0.15, 0.2) is 0 Å². The maximum atomic E-state index is 13.4. The lowest BCUT2D eigenvalue weighted by molar-refractivity contribution is 0.0628. The largest absolute Gasteiger partial charge is 0.336 e. The van der Waals surface area contributed by atoms with Crippen molar-refractivity contribution in [2.24, 2.45) is 5.92 Å². The van der Waals surface area contributed by atoms with E-state index in [-0.39, 0.29) is 11.8 Å². The van der Waals surface area contributed by atoms with Gasteiger partial charge in [0.05, 0.1) is 11.0 Å². The molecule has 2 N–H and O–H groups in total. The molecule has 7 rings (SSSR count). The lowest BCUT2D eigenvalue weighted by Gasteiger charge is -2.34. The van der Waals surface area contributed by atoms with E-state index in [9.17, 15) is 9.59 Å². The van der Waals surface area contributed by atoms with Crippen molar-refractivity contribution in [2.75, 3.05) is 36.8 Å². The molecule has 0 spiro atoms. The van der Waals surface area contributed by atoms with Crippen LogP contribution in [0.2, 0.25) is 0 Å². The highest BCUT2D eigenvalue weighted by Crippen LogP contribution is 2.22. The van der Waals surface area contributed by atoms with Gasteiger partial charge in [0.25, 0.3) is 11.8 Å². The summed E-state index contributed by atoms with van der Waals surface area (Å²) < 4.78 is 0. The molecule has 9 nitrogen and oxygen atoms in total. The Morgan fingerprint density at radius 2 is 1.59 bits per heavy atom. The number of fused-ring (bicyclic) bond motifs is 1. The van der Waals surface area contributed by atoms with E-state index in [0.717, 1.165) is 59.1 Å². The second-order valence-corrected chi connectivity index (χ2v) is 12.8. The van der Waals surface area contributed by atoms with Gasteiger partial charge in [0.2, 0.25) is 5.95 Å². The van der Waals surface area contributed by atoms with Crippen LogP contribution >= 0.6 is 0 Å². The summed E-state index contributed by atoms with van der Waals surface area (Å²) in [6, 6.07) is 26.9. The number of amides is 2. The van der Waals surface area contributed by atoms with Crippen LogP contribution < -0.4 is 21.2 Å². The Balaban J connectivity index is 1.01. The Hall–Kier alpha value is -5.67. The molecule has 2 amide bonds. The van der Waals surface area contributed by atoms with Crippen LogP contribution in [0.3, 0.4) is 0 Å². The maximum absolute atomic E-state index is 13.4. The predicted molar refractivity (Wildman–Crippen MR) is 194 cm³/mol. The minimum absolute atomic E-state index is 0.0284. The summed E-state index contributed by atoms with van der Waals surface area (Å²) in [5.74, 6) is 0.646. The number of aryl methyl sites for hydroxylation is 1. The van der Waals surface area contributed by atoms with E-state index in [0.29, 0.717) is 41.8 Å². The van der Waals surface area contributed by atoms with Crippen molar-refractivity contribution in [1.82, 2.24) is 24.8 Å². The van der Waals surface area contributed by atoms with Gasteiger partial charge in [-0.3, -0.25) is 19.5 Å². The first kappa shape index (κ1) is 31.9. The Bertz CT molecular complexity index is 2090. The minimum atomic E-state index is -0.250. The molecule has 9 heteroatoms. The Morgan fingerprint density at radius 3 is 2.35 bits per heavy atom. The smallest absolute Gasteiger partial charge is 0.255 e. The van der Waals surface area contributed by atoms with Crippen LogP contribution in [0.25, 0.3) is 23.4 Å². The molecule has 2 aliphatic rings. The Kier molecular flexibility index (Phi) is 9.25. The zero-order valence-electron chi connectivity index (χ0n) is 27.8. The number of nitrogens with one attached hydrogen (secondary N) is 2. The lowest BCUT2D eigenvalue weighted by Crippen LogP contribution is -2.48. The zero-order valence-corrected chi connectivity index (χ0v) is 27.8. The van der Waals surface area contributed by atoms with Gasteiger partial charge in [-0.1, -0.05) is 55.5 Å². The number of pyridine rings is 1. The average molecular weight is 650 g/mol. The van der Waals surface area contributed by atoms with Gasteiger partial charge in [-0.15, -0.1) is 0 Å². The van der Waals surface area contributed by atoms with E-state index in [1.807, 2.05) is 66.4 Å². The molecule has 1 fully saturated rings. The molecule has 1 atom stereocenters. The summed E-state index contributed by atoms with van der Waals surface area (Å²) in [7, 11) is 0. The molecule has 246 valence electrons. The second kappa shape index (κ2) is 14.2. The standard InChI is InChI=1S/C40H39N7O2/c1-27-8-15-35-34(24-27)37(30-6-4-3-5-7-30)45-40(44-35)42-33-13-11-31(12-14-33)38(48)43-36-25-32(10-9-28(36)2)39(49)47-22-20-46(21-23-47)26-29-16-18-41-19-17-29/h3-7,9-19,24-25,27H,8,20-23,26H2,1-2H3,(H,42,44)(H,43,48). The number of rotatable bonds is 8. The third-order valence-corrected chi connectivity index (χ3v) is 9.11. The summed E-state index contributed by atoms with van der Waals surface area (Å²) in [6.07, 6.45) is 8.96. The van der Waals surface area contributed by atoms with Crippen LogP contribution in [0.5, 0.6) is 0 Å². The van der Waals surface area contributed by atoms with E-state index in [4.69, 9.17) is 9.97 Å². The molecule has 2 aromatic heterocycles. The van der Waals surface area contributed by atoms with Gasteiger partial charge < -0.3 is 15.5 Å². The SMILES string of the molecule is Cc1ccc(C(=O)N2CCN(Cc3ccncc3)CC2)cc1NC(=O)c1ccc(Nc2nc(-c3ccccc3)c3c(n2)=CCC(C)C=3)cc1. The number of hydrogen-bond acceptors (Lipinski definition) is 7. The first-order valence-corrected chi connectivity index (χ1v) is 16.7. The van der Waals surface area contributed by atoms with Crippen LogP contribution in [0, 0.1) is 12.8 Å². The van der Waals surface area contributed by atoms with Crippen LogP contribution in [0.15, 0.2) is 97.3 Å². The third kappa shape index (κ3) is 7.42. The number of benzene rings is 3. The zero-order chi connectivity index (χ0) is 33.7. The molecular formula is C40H39N7O2. The number of hydrogen-bond donors (Lipinski definition) is 2. The fraction of sp³-hybridized carbons (Fsp3) is 0.225. The second-order valence-electron chi connectivity index (χ2n) is 12.8. The fourth-order valence-electron chi connectivity index (χ4n) is 6.28. The normalized spacial score (nSPS) is 15.8. The van der Waals surface area contributed by atoms with Gasteiger partial charge in [-0.25, -0.2) is 9.97 Å². The quantitative estimate of drug-likeness (QED) is 0.232. The van der Waals surface area contributed by atoms with E-state index < -0.39 is 0 Å². The topological polar surface area (TPSA) is 103 Å². The molecule has 0 radical (unpaired) electrons. The molecule has 1 aliphatic carbocycles. The van der Waals surface area contributed by atoms with E-state index in [1.54, 1.807) is 30.6 Å². The van der Waals surface area contributed by atoms with E-state index in [2.05, 4.69) is 51.7 Å². The van der Waals surface area contributed by atoms with Gasteiger partial charge in [0, 0.05) is 78.4 Å². The van der Waals surface area contributed by atoms with Gasteiger partial charge in [-0.05, 0) is 78.9 Å². The minimum Gasteiger partial charge on any atom is -0.336 e. The van der Waals surface area contributed by atoms with Crippen LogP contribution in [-0.4, -0.2) is 62.7 Å². The van der Waals surface area contributed by atoms with Gasteiger partial charge >= 0.3 is 0 Å². The molecule has 49 heavy (non-hydrogen) atoms. The molecular weight excluding hydrogens is 610 g/mol. The summed E-state index contributed by atoms with van der Waals surface area (Å²) in [5.41, 5.74) is 6.48. The molecule has 0 saturated carbocycles. The average Bonchev–Trinajstić information content (AvgIpc) is 3.13. The third-order valence-electron chi connectivity index (χ3n) is 9.11. The summed E-state index contributed by atoms with van der Waals surface area (Å²) >= 11 is 0. The molecule has 3 aromatic carbocycles. The van der Waals surface area contributed by atoms with Crippen molar-refractivity contribution >= 4 is 41.3 Å². The highest BCUT2D eigenvalue weighted by Gasteiger charge is 2.23. The Morgan fingerprint density at radius 1 is 0.857 bits per heavy atom. The monoisotopic (exact) mass is 649 g/mol. The van der Waals surface area contributed by atoms with Crippen molar-refractivity contribution in [3.05, 3.63) is 130 Å². The number of anilines is 3. The van der Waals surface area contributed by atoms with Gasteiger partial charge in [0.1, 0.15) is 0 Å². The van der Waals surface area contributed by atoms with Crippen molar-refractivity contribution in [3.63, 3.8) is 0 Å².